The van der Waals surface area contributed by atoms with Crippen LogP contribution in [-0.2, 0) is 0 Å². The van der Waals surface area contributed by atoms with Crippen molar-refractivity contribution in [3.8, 4) is 0 Å². The maximum absolute atomic E-state index is 3.47. The van der Waals surface area contributed by atoms with Crippen molar-refractivity contribution in [2.75, 3.05) is 32.7 Å². The Morgan fingerprint density at radius 2 is 1.32 bits per heavy atom. The molecule has 132 valence electrons. The third-order valence-electron chi connectivity index (χ3n) is 5.51. The highest BCUT2D eigenvalue weighted by Gasteiger charge is 2.24. The van der Waals surface area contributed by atoms with E-state index in [1.807, 2.05) is 0 Å². The molecule has 2 heteroatoms. The monoisotopic (exact) mass is 310 g/mol. The quantitative estimate of drug-likeness (QED) is 0.469. The Balaban J connectivity index is 2.31. The second-order valence-corrected chi connectivity index (χ2v) is 7.77. The zero-order valence-corrected chi connectivity index (χ0v) is 15.8. The van der Waals surface area contributed by atoms with Gasteiger partial charge in [0.25, 0.3) is 0 Å². The zero-order chi connectivity index (χ0) is 16.1. The number of rotatable bonds is 13. The lowest BCUT2D eigenvalue weighted by atomic mass is 9.77. The molecule has 0 aromatic heterocycles. The van der Waals surface area contributed by atoms with Crippen LogP contribution in [0.15, 0.2) is 0 Å². The molecule has 0 aromatic rings. The van der Waals surface area contributed by atoms with E-state index in [9.17, 15) is 0 Å². The molecule has 1 aliphatic heterocycles. The smallest absolute Gasteiger partial charge is 0.0107 e. The van der Waals surface area contributed by atoms with Crippen molar-refractivity contribution in [3.63, 3.8) is 0 Å². The Hall–Kier alpha value is -0.0800. The minimum absolute atomic E-state index is 0.590. The van der Waals surface area contributed by atoms with Crippen LogP contribution < -0.4 is 5.32 Å². The summed E-state index contributed by atoms with van der Waals surface area (Å²) >= 11 is 0. The number of hydrogen-bond acceptors (Lipinski definition) is 2. The lowest BCUT2D eigenvalue weighted by Crippen LogP contribution is -2.44. The first-order valence-electron chi connectivity index (χ1n) is 10.1. The summed E-state index contributed by atoms with van der Waals surface area (Å²) in [7, 11) is 0. The highest BCUT2D eigenvalue weighted by atomic mass is 15.2. The van der Waals surface area contributed by atoms with Gasteiger partial charge in [0.1, 0.15) is 0 Å². The zero-order valence-electron chi connectivity index (χ0n) is 15.8. The molecule has 0 aliphatic carbocycles. The molecule has 2 nitrogen and oxygen atoms in total. The van der Waals surface area contributed by atoms with Gasteiger partial charge in [-0.1, -0.05) is 72.1 Å². The van der Waals surface area contributed by atoms with Crippen LogP contribution in [-0.4, -0.2) is 37.6 Å². The largest absolute Gasteiger partial charge is 0.314 e. The second-order valence-electron chi connectivity index (χ2n) is 7.77. The van der Waals surface area contributed by atoms with E-state index in [4.69, 9.17) is 0 Å². The molecule has 0 saturated carbocycles. The summed E-state index contributed by atoms with van der Waals surface area (Å²) in [6.07, 6.45) is 15.6. The predicted molar refractivity (Wildman–Crippen MR) is 99.6 cm³/mol. The number of piperazine rings is 1. The van der Waals surface area contributed by atoms with E-state index in [2.05, 4.69) is 31.0 Å². The van der Waals surface area contributed by atoms with Crippen LogP contribution in [0.3, 0.4) is 0 Å². The van der Waals surface area contributed by atoms with E-state index in [0.717, 1.165) is 0 Å². The molecule has 1 atom stereocenters. The first kappa shape index (κ1) is 20.0. The summed E-state index contributed by atoms with van der Waals surface area (Å²) in [6, 6.07) is 0. The van der Waals surface area contributed by atoms with E-state index >= 15 is 0 Å². The van der Waals surface area contributed by atoms with Crippen LogP contribution >= 0.6 is 0 Å². The van der Waals surface area contributed by atoms with Crippen molar-refractivity contribution in [2.45, 2.75) is 91.4 Å². The van der Waals surface area contributed by atoms with Crippen LogP contribution in [0.4, 0.5) is 0 Å². The Morgan fingerprint density at radius 1 is 0.773 bits per heavy atom. The number of hydrogen-bond donors (Lipinski definition) is 1. The summed E-state index contributed by atoms with van der Waals surface area (Å²) in [5.41, 5.74) is 0.590. The molecular formula is C20H42N2. The summed E-state index contributed by atoms with van der Waals surface area (Å²) in [5, 5.41) is 3.47. The average Bonchev–Trinajstić information content (AvgIpc) is 2.54. The highest BCUT2D eigenvalue weighted by molar-refractivity contribution is 4.78. The highest BCUT2D eigenvalue weighted by Crippen LogP contribution is 2.35. The Morgan fingerprint density at radius 3 is 1.95 bits per heavy atom. The van der Waals surface area contributed by atoms with Crippen molar-refractivity contribution in [1.82, 2.24) is 10.2 Å². The van der Waals surface area contributed by atoms with Gasteiger partial charge in [0, 0.05) is 26.2 Å². The van der Waals surface area contributed by atoms with Crippen molar-refractivity contribution >= 4 is 0 Å². The van der Waals surface area contributed by atoms with Crippen molar-refractivity contribution in [1.29, 1.82) is 0 Å². The Labute approximate surface area is 140 Å². The third-order valence-corrected chi connectivity index (χ3v) is 5.51. The van der Waals surface area contributed by atoms with E-state index in [1.165, 1.54) is 103 Å². The van der Waals surface area contributed by atoms with Crippen LogP contribution in [0.5, 0.6) is 0 Å². The summed E-state index contributed by atoms with van der Waals surface area (Å²) in [5.74, 6) is 0. The number of nitrogens with zero attached hydrogens (tertiary/aromatic N) is 1. The molecule has 0 amide bonds. The maximum Gasteiger partial charge on any atom is 0.0107 e. The van der Waals surface area contributed by atoms with Gasteiger partial charge in [-0.05, 0) is 31.2 Å². The first-order chi connectivity index (χ1) is 10.7. The van der Waals surface area contributed by atoms with Gasteiger partial charge in [-0.25, -0.2) is 0 Å². The van der Waals surface area contributed by atoms with E-state index < -0.39 is 0 Å². The molecule has 0 spiro atoms. The molecule has 1 unspecified atom stereocenters. The molecule has 0 bridgehead atoms. The standard InChI is InChI=1S/C20H42N2/c1-4-6-8-9-11-13-20(3,12-10-7-5-2)14-17-22-18-15-21-16-19-22/h21H,4-19H2,1-3H3. The number of nitrogens with one attached hydrogen (secondary N) is 1. The van der Waals surface area contributed by atoms with Crippen molar-refractivity contribution in [2.24, 2.45) is 5.41 Å². The van der Waals surface area contributed by atoms with Crippen LogP contribution in [0.1, 0.15) is 91.4 Å². The molecule has 1 N–H and O–H groups in total. The SMILES string of the molecule is CCCCCCCC(C)(CCCCC)CCN1CCNCC1. The van der Waals surface area contributed by atoms with Gasteiger partial charge in [0.15, 0.2) is 0 Å². The Bertz CT molecular complexity index is 248. The molecule has 1 heterocycles. The molecular weight excluding hydrogens is 268 g/mol. The normalized spacial score (nSPS) is 19.2. The maximum atomic E-state index is 3.47. The molecule has 1 aliphatic rings. The third kappa shape index (κ3) is 9.15. The minimum Gasteiger partial charge on any atom is -0.314 e. The van der Waals surface area contributed by atoms with Gasteiger partial charge in [-0.15, -0.1) is 0 Å². The van der Waals surface area contributed by atoms with Crippen molar-refractivity contribution < 1.29 is 0 Å². The molecule has 22 heavy (non-hydrogen) atoms. The van der Waals surface area contributed by atoms with Gasteiger partial charge in [-0.3, -0.25) is 0 Å². The van der Waals surface area contributed by atoms with Gasteiger partial charge in [0.2, 0.25) is 0 Å². The predicted octanol–water partition coefficient (Wildman–Crippen LogP) is 5.23. The molecule has 1 fully saturated rings. The van der Waals surface area contributed by atoms with E-state index in [-0.39, 0.29) is 0 Å². The summed E-state index contributed by atoms with van der Waals surface area (Å²) < 4.78 is 0. The Kier molecular flexibility index (Phi) is 11.2. The van der Waals surface area contributed by atoms with Crippen molar-refractivity contribution in [3.05, 3.63) is 0 Å². The summed E-state index contributed by atoms with van der Waals surface area (Å²) in [4.78, 5) is 2.67. The molecule has 0 aromatic carbocycles. The lowest BCUT2D eigenvalue weighted by Gasteiger charge is -2.34. The van der Waals surface area contributed by atoms with Gasteiger partial charge in [-0.2, -0.15) is 0 Å². The van der Waals surface area contributed by atoms with Gasteiger partial charge < -0.3 is 10.2 Å². The average molecular weight is 311 g/mol. The molecule has 1 saturated heterocycles. The van der Waals surface area contributed by atoms with Gasteiger partial charge >= 0.3 is 0 Å². The van der Waals surface area contributed by atoms with Crippen LogP contribution in [0, 0.1) is 5.41 Å². The topological polar surface area (TPSA) is 15.3 Å². The van der Waals surface area contributed by atoms with E-state index in [1.54, 1.807) is 0 Å². The fourth-order valence-corrected chi connectivity index (χ4v) is 3.69. The van der Waals surface area contributed by atoms with Crippen LogP contribution in [0.2, 0.25) is 0 Å². The number of unbranched alkanes of at least 4 members (excludes halogenated alkanes) is 6. The van der Waals surface area contributed by atoms with Gasteiger partial charge in [0.05, 0.1) is 0 Å². The first-order valence-corrected chi connectivity index (χ1v) is 10.1. The lowest BCUT2D eigenvalue weighted by molar-refractivity contribution is 0.166. The van der Waals surface area contributed by atoms with E-state index in [0.29, 0.717) is 5.41 Å². The fourth-order valence-electron chi connectivity index (χ4n) is 3.69. The molecule has 0 radical (unpaired) electrons. The minimum atomic E-state index is 0.590. The van der Waals surface area contributed by atoms with Crippen LogP contribution in [0.25, 0.3) is 0 Å². The second kappa shape index (κ2) is 12.4. The molecule has 1 rings (SSSR count). The summed E-state index contributed by atoms with van der Waals surface area (Å²) in [6.45, 7) is 13.4. The fraction of sp³-hybridized carbons (Fsp3) is 1.00.